The summed E-state index contributed by atoms with van der Waals surface area (Å²) < 4.78 is 34.2. The van der Waals surface area contributed by atoms with Crippen LogP contribution in [-0.2, 0) is 23.0 Å². The molecule has 0 saturated heterocycles. The van der Waals surface area contributed by atoms with Crippen LogP contribution in [0.15, 0.2) is 46.2 Å². The van der Waals surface area contributed by atoms with E-state index in [1.165, 1.54) is 0 Å². The molecule has 6 heteroatoms. The Hall–Kier alpha value is -1.50. The van der Waals surface area contributed by atoms with Gasteiger partial charge in [-0.2, -0.15) is 8.42 Å². The molecule has 134 valence electrons. The average molecular weight is 378 g/mol. The zero-order chi connectivity index (χ0) is 18.2. The number of fused-ring (bicyclic) bond motifs is 2. The minimum atomic E-state index is -4.23. The molecular weight excluding hydrogens is 354 g/mol. The Morgan fingerprint density at radius 1 is 1.08 bits per heavy atom. The van der Waals surface area contributed by atoms with Crippen molar-refractivity contribution in [3.05, 3.63) is 47.5 Å². The van der Waals surface area contributed by atoms with Crippen molar-refractivity contribution < 1.29 is 13.0 Å². The van der Waals surface area contributed by atoms with Gasteiger partial charge in [-0.25, -0.2) is 0 Å². The van der Waals surface area contributed by atoms with Gasteiger partial charge in [-0.05, 0) is 48.6 Å². The van der Waals surface area contributed by atoms with Crippen molar-refractivity contribution in [2.75, 3.05) is 4.90 Å². The molecular formula is C19H23NO3S2. The summed E-state index contributed by atoms with van der Waals surface area (Å²) in [6, 6.07) is 12.2. The Labute approximate surface area is 154 Å². The highest BCUT2D eigenvalue weighted by Crippen LogP contribution is 2.51. The first-order chi connectivity index (χ1) is 11.9. The van der Waals surface area contributed by atoms with Crippen molar-refractivity contribution >= 4 is 33.3 Å². The van der Waals surface area contributed by atoms with Crippen LogP contribution in [-0.4, -0.2) is 18.3 Å². The SMILES string of the molecule is CCc1ccc2c(c1)N(C(CC)S(=O)(=O)O)c1c(CC)cccc1S2. The Kier molecular flexibility index (Phi) is 5.14. The molecule has 25 heavy (non-hydrogen) atoms. The number of hydrogen-bond donors (Lipinski definition) is 1. The van der Waals surface area contributed by atoms with Crippen molar-refractivity contribution in [3.63, 3.8) is 0 Å². The number of benzene rings is 2. The van der Waals surface area contributed by atoms with Gasteiger partial charge in [-0.15, -0.1) is 0 Å². The van der Waals surface area contributed by atoms with E-state index in [0.29, 0.717) is 6.42 Å². The fourth-order valence-corrected chi connectivity index (χ4v) is 5.34. The van der Waals surface area contributed by atoms with E-state index in [1.54, 1.807) is 18.7 Å². The van der Waals surface area contributed by atoms with Gasteiger partial charge in [0, 0.05) is 9.79 Å². The summed E-state index contributed by atoms with van der Waals surface area (Å²) in [7, 11) is -4.23. The van der Waals surface area contributed by atoms with E-state index >= 15 is 0 Å². The maximum atomic E-state index is 12.1. The fourth-order valence-electron chi connectivity index (χ4n) is 3.33. The van der Waals surface area contributed by atoms with Crippen molar-refractivity contribution in [3.8, 4) is 0 Å². The molecule has 0 fully saturated rings. The quantitative estimate of drug-likeness (QED) is 0.740. The summed E-state index contributed by atoms with van der Waals surface area (Å²) in [6.45, 7) is 5.93. The largest absolute Gasteiger partial charge is 0.319 e. The van der Waals surface area contributed by atoms with Crippen molar-refractivity contribution in [2.24, 2.45) is 0 Å². The zero-order valence-corrected chi connectivity index (χ0v) is 16.3. The number of nitrogens with zero attached hydrogens (tertiary/aromatic N) is 1. The van der Waals surface area contributed by atoms with Gasteiger partial charge in [0.05, 0.1) is 11.4 Å². The van der Waals surface area contributed by atoms with Gasteiger partial charge in [-0.3, -0.25) is 4.55 Å². The molecule has 0 aliphatic carbocycles. The van der Waals surface area contributed by atoms with E-state index in [0.717, 1.165) is 45.1 Å². The van der Waals surface area contributed by atoms with Gasteiger partial charge in [0.25, 0.3) is 10.1 Å². The number of para-hydroxylation sites is 1. The number of anilines is 2. The van der Waals surface area contributed by atoms with Gasteiger partial charge in [0.2, 0.25) is 0 Å². The lowest BCUT2D eigenvalue weighted by Gasteiger charge is -2.38. The maximum absolute atomic E-state index is 12.1. The van der Waals surface area contributed by atoms with Crippen LogP contribution < -0.4 is 4.90 Å². The van der Waals surface area contributed by atoms with Crippen LogP contribution in [0.1, 0.15) is 38.3 Å². The van der Waals surface area contributed by atoms with E-state index in [4.69, 9.17) is 0 Å². The minimum absolute atomic E-state index is 0.302. The van der Waals surface area contributed by atoms with Gasteiger partial charge in [0.15, 0.2) is 5.37 Å². The summed E-state index contributed by atoms with van der Waals surface area (Å²) in [4.78, 5) is 3.87. The van der Waals surface area contributed by atoms with Crippen LogP contribution in [0.25, 0.3) is 0 Å². The molecule has 4 nitrogen and oxygen atoms in total. The molecule has 1 atom stereocenters. The summed E-state index contributed by atoms with van der Waals surface area (Å²) in [5.41, 5.74) is 3.99. The van der Waals surface area contributed by atoms with Gasteiger partial charge >= 0.3 is 0 Å². The van der Waals surface area contributed by atoms with Crippen LogP contribution in [0, 0.1) is 0 Å². The molecule has 1 unspecified atom stereocenters. The number of hydrogen-bond acceptors (Lipinski definition) is 4. The molecule has 0 amide bonds. The monoisotopic (exact) mass is 377 g/mol. The first-order valence-corrected chi connectivity index (χ1v) is 10.9. The predicted molar refractivity (Wildman–Crippen MR) is 104 cm³/mol. The summed E-state index contributed by atoms with van der Waals surface area (Å²) >= 11 is 1.66. The van der Waals surface area contributed by atoms with E-state index in [2.05, 4.69) is 19.9 Å². The lowest BCUT2D eigenvalue weighted by atomic mass is 10.1. The van der Waals surface area contributed by atoms with E-state index in [1.807, 2.05) is 35.2 Å². The smallest absolute Gasteiger partial charge is 0.286 e. The Morgan fingerprint density at radius 3 is 2.44 bits per heavy atom. The molecule has 0 radical (unpaired) electrons. The fraction of sp³-hybridized carbons (Fsp3) is 0.368. The minimum Gasteiger partial charge on any atom is -0.319 e. The molecule has 1 aliphatic heterocycles. The molecule has 3 rings (SSSR count). The molecule has 0 spiro atoms. The topological polar surface area (TPSA) is 57.6 Å². The first-order valence-electron chi connectivity index (χ1n) is 8.58. The molecule has 1 heterocycles. The van der Waals surface area contributed by atoms with Crippen molar-refractivity contribution in [2.45, 2.75) is 55.2 Å². The predicted octanol–water partition coefficient (Wildman–Crippen LogP) is 5.04. The van der Waals surface area contributed by atoms with Crippen LogP contribution in [0.5, 0.6) is 0 Å². The van der Waals surface area contributed by atoms with E-state index in [9.17, 15) is 13.0 Å². The average Bonchev–Trinajstić information content (AvgIpc) is 2.59. The third-order valence-electron chi connectivity index (χ3n) is 4.60. The van der Waals surface area contributed by atoms with Crippen molar-refractivity contribution in [1.29, 1.82) is 0 Å². The summed E-state index contributed by atoms with van der Waals surface area (Å²) in [5.74, 6) is 0. The van der Waals surface area contributed by atoms with E-state index < -0.39 is 15.5 Å². The first kappa shape index (κ1) is 18.3. The van der Waals surface area contributed by atoms with Crippen molar-refractivity contribution in [1.82, 2.24) is 0 Å². The van der Waals surface area contributed by atoms with Crippen LogP contribution >= 0.6 is 11.8 Å². The highest BCUT2D eigenvalue weighted by molar-refractivity contribution is 7.99. The van der Waals surface area contributed by atoms with Gasteiger partial charge in [0.1, 0.15) is 0 Å². The normalized spacial score (nSPS) is 14.8. The molecule has 0 aromatic heterocycles. The second-order valence-corrected chi connectivity index (χ2v) is 8.78. The molecule has 2 aromatic rings. The number of rotatable bonds is 5. The molecule has 0 saturated carbocycles. The second-order valence-electron chi connectivity index (χ2n) is 6.12. The van der Waals surface area contributed by atoms with Gasteiger partial charge in [-0.1, -0.05) is 50.7 Å². The third-order valence-corrected chi connectivity index (χ3v) is 6.94. The molecule has 1 aliphatic rings. The number of aryl methyl sites for hydroxylation is 2. The molecule has 2 aromatic carbocycles. The van der Waals surface area contributed by atoms with Gasteiger partial charge < -0.3 is 4.90 Å². The molecule has 1 N–H and O–H groups in total. The summed E-state index contributed by atoms with van der Waals surface area (Å²) in [5, 5.41) is -0.995. The Morgan fingerprint density at radius 2 is 1.84 bits per heavy atom. The molecule has 0 bridgehead atoms. The van der Waals surface area contributed by atoms with Crippen LogP contribution in [0.3, 0.4) is 0 Å². The lowest BCUT2D eigenvalue weighted by molar-refractivity contribution is 0.464. The standard InChI is InChI=1S/C19H23NO3S2/c1-4-13-10-11-16-15(12-13)20(18(6-3)25(21,22)23)19-14(5-2)8-7-9-17(19)24-16/h7-12,18H,4-6H2,1-3H3,(H,21,22,23). The second kappa shape index (κ2) is 7.02. The highest BCUT2D eigenvalue weighted by atomic mass is 32.2. The Bertz CT molecular complexity index is 894. The maximum Gasteiger partial charge on any atom is 0.286 e. The zero-order valence-electron chi connectivity index (χ0n) is 14.7. The van der Waals surface area contributed by atoms with E-state index in [-0.39, 0.29) is 0 Å². The highest BCUT2D eigenvalue weighted by Gasteiger charge is 2.36. The lowest BCUT2D eigenvalue weighted by Crippen LogP contribution is -2.39. The third kappa shape index (κ3) is 3.30. The Balaban J connectivity index is 2.31. The van der Waals surface area contributed by atoms with Crippen LogP contribution in [0.2, 0.25) is 0 Å². The summed E-state index contributed by atoms with van der Waals surface area (Å²) in [6.07, 6.45) is 1.97. The van der Waals surface area contributed by atoms with Crippen LogP contribution in [0.4, 0.5) is 11.4 Å².